The Morgan fingerprint density at radius 1 is 0.971 bits per heavy atom. The van der Waals surface area contributed by atoms with Gasteiger partial charge >= 0.3 is 6.03 Å². The van der Waals surface area contributed by atoms with E-state index in [9.17, 15) is 14.0 Å². The molecule has 0 atom stereocenters. The predicted molar refractivity (Wildman–Crippen MR) is 135 cm³/mol. The molecule has 3 rings (SSSR count). The molecule has 3 aromatic rings. The van der Waals surface area contributed by atoms with E-state index in [1.54, 1.807) is 41.3 Å². The molecule has 3 amide bonds. The van der Waals surface area contributed by atoms with Crippen LogP contribution in [0.25, 0.3) is 0 Å². The molecule has 8 heteroatoms. The van der Waals surface area contributed by atoms with Gasteiger partial charge in [-0.15, -0.1) is 0 Å². The van der Waals surface area contributed by atoms with Crippen molar-refractivity contribution in [3.05, 3.63) is 94.3 Å². The lowest BCUT2D eigenvalue weighted by atomic mass is 10.1. The Bertz CT molecular complexity index is 1150. The SMILES string of the molecule is CCNC(=O)Nc1ccc(N(C)C)c(CN(Cc2ccc(F)cc2)C(=O)c2ccccc2Cl)c1. The topological polar surface area (TPSA) is 64.7 Å². The third kappa shape index (κ3) is 6.48. The number of hydrogen-bond acceptors (Lipinski definition) is 3. The molecule has 0 aliphatic carbocycles. The van der Waals surface area contributed by atoms with Crippen molar-refractivity contribution < 1.29 is 14.0 Å². The molecule has 0 saturated heterocycles. The summed E-state index contributed by atoms with van der Waals surface area (Å²) in [5, 5.41) is 5.88. The molecule has 0 bridgehead atoms. The van der Waals surface area contributed by atoms with Crippen LogP contribution in [0.2, 0.25) is 5.02 Å². The van der Waals surface area contributed by atoms with Gasteiger partial charge in [0.1, 0.15) is 5.82 Å². The lowest BCUT2D eigenvalue weighted by Crippen LogP contribution is -2.31. The van der Waals surface area contributed by atoms with E-state index in [-0.39, 0.29) is 30.8 Å². The van der Waals surface area contributed by atoms with Crippen LogP contribution in [0.4, 0.5) is 20.6 Å². The van der Waals surface area contributed by atoms with Gasteiger partial charge in [0.15, 0.2) is 0 Å². The lowest BCUT2D eigenvalue weighted by molar-refractivity contribution is 0.0730. The van der Waals surface area contributed by atoms with Crippen LogP contribution < -0.4 is 15.5 Å². The number of amides is 3. The molecule has 0 fully saturated rings. The van der Waals surface area contributed by atoms with Gasteiger partial charge in [0.2, 0.25) is 0 Å². The van der Waals surface area contributed by atoms with Crippen molar-refractivity contribution in [2.75, 3.05) is 30.9 Å². The van der Waals surface area contributed by atoms with E-state index in [4.69, 9.17) is 11.6 Å². The number of halogens is 2. The zero-order chi connectivity index (χ0) is 24.7. The zero-order valence-electron chi connectivity index (χ0n) is 19.4. The zero-order valence-corrected chi connectivity index (χ0v) is 20.2. The average Bonchev–Trinajstić information content (AvgIpc) is 2.80. The van der Waals surface area contributed by atoms with Crippen molar-refractivity contribution in [1.29, 1.82) is 0 Å². The van der Waals surface area contributed by atoms with E-state index in [2.05, 4.69) is 10.6 Å². The molecule has 6 nitrogen and oxygen atoms in total. The van der Waals surface area contributed by atoms with Crippen LogP contribution in [0.1, 0.15) is 28.4 Å². The Kier molecular flexibility index (Phi) is 8.49. The van der Waals surface area contributed by atoms with Gasteiger partial charge in [-0.05, 0) is 60.5 Å². The maximum absolute atomic E-state index is 13.5. The quantitative estimate of drug-likeness (QED) is 0.443. The van der Waals surface area contributed by atoms with Crippen LogP contribution in [0, 0.1) is 5.82 Å². The van der Waals surface area contributed by atoms with Crippen LogP contribution in [-0.4, -0.2) is 37.5 Å². The molecular formula is C26H28ClFN4O2. The first-order valence-corrected chi connectivity index (χ1v) is 11.3. The van der Waals surface area contributed by atoms with Gasteiger partial charge in [-0.3, -0.25) is 4.79 Å². The number of hydrogen-bond donors (Lipinski definition) is 2. The van der Waals surface area contributed by atoms with E-state index in [1.165, 1.54) is 12.1 Å². The average molecular weight is 483 g/mol. The first-order valence-electron chi connectivity index (χ1n) is 10.9. The van der Waals surface area contributed by atoms with E-state index < -0.39 is 0 Å². The monoisotopic (exact) mass is 482 g/mol. The number of rotatable bonds is 8. The number of nitrogens with zero attached hydrogens (tertiary/aromatic N) is 2. The fraction of sp³-hybridized carbons (Fsp3) is 0.231. The number of carbonyl (C=O) groups is 2. The summed E-state index contributed by atoms with van der Waals surface area (Å²) in [5.74, 6) is -0.589. The largest absolute Gasteiger partial charge is 0.377 e. The molecule has 2 N–H and O–H groups in total. The summed E-state index contributed by atoms with van der Waals surface area (Å²) in [6.07, 6.45) is 0. The van der Waals surface area contributed by atoms with Crippen molar-refractivity contribution in [1.82, 2.24) is 10.2 Å². The molecule has 0 spiro atoms. The molecule has 0 aliphatic heterocycles. The Morgan fingerprint density at radius 2 is 1.68 bits per heavy atom. The van der Waals surface area contributed by atoms with Crippen molar-refractivity contribution in [2.45, 2.75) is 20.0 Å². The van der Waals surface area contributed by atoms with E-state index in [1.807, 2.05) is 44.1 Å². The van der Waals surface area contributed by atoms with E-state index in [0.29, 0.717) is 22.8 Å². The van der Waals surface area contributed by atoms with Crippen molar-refractivity contribution in [3.8, 4) is 0 Å². The van der Waals surface area contributed by atoms with Crippen LogP contribution >= 0.6 is 11.6 Å². The second-order valence-electron chi connectivity index (χ2n) is 7.99. The molecule has 0 radical (unpaired) electrons. The van der Waals surface area contributed by atoms with E-state index in [0.717, 1.165) is 16.8 Å². The van der Waals surface area contributed by atoms with Gasteiger partial charge in [-0.1, -0.05) is 35.9 Å². The van der Waals surface area contributed by atoms with E-state index >= 15 is 0 Å². The Balaban J connectivity index is 1.98. The van der Waals surface area contributed by atoms with Crippen LogP contribution in [-0.2, 0) is 13.1 Å². The summed E-state index contributed by atoms with van der Waals surface area (Å²) in [6.45, 7) is 2.85. The van der Waals surface area contributed by atoms with Crippen LogP contribution in [0.5, 0.6) is 0 Å². The fourth-order valence-electron chi connectivity index (χ4n) is 3.58. The molecule has 0 aliphatic rings. The second-order valence-corrected chi connectivity index (χ2v) is 8.40. The van der Waals surface area contributed by atoms with Gasteiger partial charge in [0, 0.05) is 45.1 Å². The maximum Gasteiger partial charge on any atom is 0.319 e. The van der Waals surface area contributed by atoms with Crippen molar-refractivity contribution in [3.63, 3.8) is 0 Å². The van der Waals surface area contributed by atoms with Crippen molar-refractivity contribution >= 4 is 34.9 Å². The summed E-state index contributed by atoms with van der Waals surface area (Å²) in [5.41, 5.74) is 3.51. The fourth-order valence-corrected chi connectivity index (χ4v) is 3.80. The van der Waals surface area contributed by atoms with Crippen LogP contribution in [0.15, 0.2) is 66.7 Å². The van der Waals surface area contributed by atoms with Gasteiger partial charge in [0.05, 0.1) is 10.6 Å². The highest BCUT2D eigenvalue weighted by atomic mass is 35.5. The molecule has 178 valence electrons. The predicted octanol–water partition coefficient (Wildman–Crippen LogP) is 5.53. The highest BCUT2D eigenvalue weighted by Gasteiger charge is 2.21. The molecule has 0 aromatic heterocycles. The normalized spacial score (nSPS) is 10.5. The van der Waals surface area contributed by atoms with Crippen LogP contribution in [0.3, 0.4) is 0 Å². The summed E-state index contributed by atoms with van der Waals surface area (Å²) >= 11 is 6.32. The number of benzene rings is 3. The molecule has 34 heavy (non-hydrogen) atoms. The Morgan fingerprint density at radius 3 is 2.32 bits per heavy atom. The first kappa shape index (κ1) is 25.1. The first-order chi connectivity index (χ1) is 16.3. The lowest BCUT2D eigenvalue weighted by Gasteiger charge is -2.27. The maximum atomic E-state index is 13.5. The van der Waals surface area contributed by atoms with Gasteiger partial charge in [0.25, 0.3) is 5.91 Å². The minimum atomic E-state index is -0.341. The van der Waals surface area contributed by atoms with Crippen molar-refractivity contribution in [2.24, 2.45) is 0 Å². The molecule has 3 aromatic carbocycles. The summed E-state index contributed by atoms with van der Waals surface area (Å²) < 4.78 is 13.4. The highest BCUT2D eigenvalue weighted by Crippen LogP contribution is 2.27. The summed E-state index contributed by atoms with van der Waals surface area (Å²) in [7, 11) is 3.83. The number of carbonyl (C=O) groups excluding carboxylic acids is 2. The third-order valence-electron chi connectivity index (χ3n) is 5.20. The smallest absolute Gasteiger partial charge is 0.319 e. The van der Waals surface area contributed by atoms with Gasteiger partial charge < -0.3 is 20.4 Å². The Labute approximate surface area is 204 Å². The standard InChI is InChI=1S/C26H28ClFN4O2/c1-4-29-26(34)30-21-13-14-24(31(2)3)19(15-21)17-32(16-18-9-11-20(28)12-10-18)25(33)22-7-5-6-8-23(22)27/h5-15H,4,16-17H2,1-3H3,(H2,29,30,34). The molecule has 0 heterocycles. The van der Waals surface area contributed by atoms with Gasteiger partial charge in [-0.25, -0.2) is 9.18 Å². The Hall–Kier alpha value is -3.58. The number of urea groups is 1. The molecule has 0 saturated carbocycles. The number of nitrogens with one attached hydrogen (secondary N) is 2. The summed E-state index contributed by atoms with van der Waals surface area (Å²) in [6, 6.07) is 18.2. The minimum Gasteiger partial charge on any atom is -0.377 e. The summed E-state index contributed by atoms with van der Waals surface area (Å²) in [4.78, 5) is 29.2. The number of anilines is 2. The second kappa shape index (κ2) is 11.5. The van der Waals surface area contributed by atoms with Gasteiger partial charge in [-0.2, -0.15) is 0 Å². The highest BCUT2D eigenvalue weighted by molar-refractivity contribution is 6.33. The third-order valence-corrected chi connectivity index (χ3v) is 5.53. The minimum absolute atomic E-state index is 0.248. The molecule has 0 unspecified atom stereocenters. The molecular weight excluding hydrogens is 455 g/mol.